The van der Waals surface area contributed by atoms with Gasteiger partial charge in [0.15, 0.2) is 12.6 Å². The predicted molar refractivity (Wildman–Crippen MR) is 109 cm³/mol. The third-order valence-corrected chi connectivity index (χ3v) is 7.74. The second-order valence-corrected chi connectivity index (χ2v) is 9.72. The Morgan fingerprint density at radius 2 is 1.33 bits per heavy atom. The van der Waals surface area contributed by atoms with E-state index in [0.717, 1.165) is 0 Å². The number of hydrogen-bond acceptors (Lipinski definition) is 15. The van der Waals surface area contributed by atoms with Crippen LogP contribution >= 0.6 is 0 Å². The van der Waals surface area contributed by atoms with Crippen LogP contribution in [0.5, 0.6) is 0 Å². The summed E-state index contributed by atoms with van der Waals surface area (Å²) in [5.74, 6) is -1.15. The van der Waals surface area contributed by atoms with Crippen LogP contribution in [-0.2, 0) is 28.4 Å². The van der Waals surface area contributed by atoms with E-state index >= 15 is 0 Å². The van der Waals surface area contributed by atoms with Crippen molar-refractivity contribution >= 4 is 0 Å². The average Bonchev–Trinajstić information content (AvgIpc) is 3.57. The van der Waals surface area contributed by atoms with Crippen LogP contribution in [0, 0.1) is 11.8 Å². The number of aliphatic hydroxyl groups excluding tert-OH is 9. The highest BCUT2D eigenvalue weighted by atomic mass is 16.8. The Morgan fingerprint density at radius 3 is 1.97 bits per heavy atom. The summed E-state index contributed by atoms with van der Waals surface area (Å²) in [4.78, 5) is 0. The van der Waals surface area contributed by atoms with Gasteiger partial charge in [-0.15, -0.1) is 0 Å². The molecule has 0 unspecified atom stereocenters. The molecule has 206 valence electrons. The van der Waals surface area contributed by atoms with E-state index in [9.17, 15) is 46.0 Å². The number of hydrogen-bond donors (Lipinski definition) is 9. The minimum atomic E-state index is -1.81. The van der Waals surface area contributed by atoms with E-state index in [-0.39, 0.29) is 0 Å². The molecule has 16 atom stereocenters. The Morgan fingerprint density at radius 1 is 0.694 bits per heavy atom. The van der Waals surface area contributed by atoms with Gasteiger partial charge in [-0.1, -0.05) is 0 Å². The lowest BCUT2D eigenvalue weighted by Crippen LogP contribution is -2.65. The standard InChI is InChI=1S/C21H32O15/c22-3-7-11(26)13(28)14(29)19(32-7)34-16-12(27)8(4-23)33-20(15(16)30)35-18-9-6(1-2-31-18)10(25)17-21(9,5-24)36-17/h1-2,6-20,22-30H,3-5H2/t6-,7-,8-,9-,10+,11-,12-,13+,14-,15-,16+,17+,18+,19+,20+,21-/m1/s1. The minimum absolute atomic E-state index is 0.415. The molecule has 3 saturated heterocycles. The molecular formula is C21H32O15. The average molecular weight is 524 g/mol. The Bertz CT molecular complexity index is 812. The van der Waals surface area contributed by atoms with Gasteiger partial charge in [-0.2, -0.15) is 0 Å². The molecule has 0 bridgehead atoms. The summed E-state index contributed by atoms with van der Waals surface area (Å²) in [5.41, 5.74) is -1.11. The van der Waals surface area contributed by atoms with Gasteiger partial charge in [-0.3, -0.25) is 0 Å². The lowest BCUT2D eigenvalue weighted by molar-refractivity contribution is -0.376. The highest BCUT2D eigenvalue weighted by Gasteiger charge is 2.75. The number of fused-ring (bicyclic) bond motifs is 3. The molecular weight excluding hydrogens is 492 g/mol. The van der Waals surface area contributed by atoms with Gasteiger partial charge < -0.3 is 74.4 Å². The van der Waals surface area contributed by atoms with E-state index in [2.05, 4.69) is 0 Å². The molecule has 0 aromatic carbocycles. The van der Waals surface area contributed by atoms with Crippen molar-refractivity contribution in [2.45, 2.75) is 85.5 Å². The van der Waals surface area contributed by atoms with Crippen LogP contribution in [-0.4, -0.2) is 151 Å². The molecule has 15 nitrogen and oxygen atoms in total. The van der Waals surface area contributed by atoms with Crippen molar-refractivity contribution in [2.75, 3.05) is 19.8 Å². The van der Waals surface area contributed by atoms with Crippen molar-refractivity contribution in [3.8, 4) is 0 Å². The van der Waals surface area contributed by atoms with Crippen molar-refractivity contribution in [1.29, 1.82) is 0 Å². The van der Waals surface area contributed by atoms with Crippen molar-refractivity contribution < 1.29 is 74.4 Å². The van der Waals surface area contributed by atoms with Crippen molar-refractivity contribution in [2.24, 2.45) is 11.8 Å². The van der Waals surface area contributed by atoms with Crippen LogP contribution in [0.2, 0.25) is 0 Å². The smallest absolute Gasteiger partial charge is 0.208 e. The third kappa shape index (κ3) is 4.07. The van der Waals surface area contributed by atoms with Gasteiger partial charge in [-0.05, 0) is 6.08 Å². The van der Waals surface area contributed by atoms with E-state index < -0.39 is 117 Å². The molecule has 4 fully saturated rings. The first-order valence-electron chi connectivity index (χ1n) is 11.7. The van der Waals surface area contributed by atoms with Gasteiger partial charge in [0, 0.05) is 5.92 Å². The molecule has 4 heterocycles. The second-order valence-electron chi connectivity index (χ2n) is 9.72. The maximum absolute atomic E-state index is 11.0. The SMILES string of the molecule is OC[C@H]1O[C@@H](O[C@@H]2[C@@H](O)[C@H](O[C@@H]3OC=C[C@H]4[C@H](O)[C@@H]5O[C@]5(CO)[C@@H]34)O[C@H](CO)[C@H]2O)[C@H](O)[C@@H](O)[C@@H]1O. The number of epoxide rings is 1. The van der Waals surface area contributed by atoms with Crippen molar-refractivity contribution in [3.05, 3.63) is 12.3 Å². The fraction of sp³-hybridized carbons (Fsp3) is 0.905. The molecule has 0 aromatic heterocycles. The molecule has 1 aliphatic carbocycles. The maximum atomic E-state index is 11.0. The monoisotopic (exact) mass is 524 g/mol. The van der Waals surface area contributed by atoms with E-state index in [1.54, 1.807) is 6.08 Å². The van der Waals surface area contributed by atoms with Crippen LogP contribution in [0.1, 0.15) is 0 Å². The number of ether oxygens (including phenoxy) is 6. The highest BCUT2D eigenvalue weighted by molar-refractivity contribution is 5.24. The van der Waals surface area contributed by atoms with Gasteiger partial charge >= 0.3 is 0 Å². The minimum Gasteiger partial charge on any atom is -0.472 e. The van der Waals surface area contributed by atoms with Crippen LogP contribution < -0.4 is 0 Å². The fourth-order valence-electron chi connectivity index (χ4n) is 5.66. The largest absolute Gasteiger partial charge is 0.472 e. The Labute approximate surface area is 204 Å². The van der Waals surface area contributed by atoms with Gasteiger partial charge in [0.2, 0.25) is 6.29 Å². The molecule has 5 aliphatic rings. The molecule has 0 amide bonds. The topological polar surface area (TPSA) is 241 Å². The first-order valence-corrected chi connectivity index (χ1v) is 11.7. The van der Waals surface area contributed by atoms with E-state index in [4.69, 9.17) is 28.4 Å². The van der Waals surface area contributed by atoms with Gasteiger partial charge in [-0.25, -0.2) is 0 Å². The summed E-state index contributed by atoms with van der Waals surface area (Å²) in [6.07, 6.45) is -15.9. The molecule has 5 rings (SSSR count). The van der Waals surface area contributed by atoms with E-state index in [1.807, 2.05) is 0 Å². The lowest BCUT2D eigenvalue weighted by Gasteiger charge is -2.47. The van der Waals surface area contributed by atoms with E-state index in [1.165, 1.54) is 6.26 Å². The van der Waals surface area contributed by atoms with Crippen LogP contribution in [0.4, 0.5) is 0 Å². The summed E-state index contributed by atoms with van der Waals surface area (Å²) in [7, 11) is 0. The van der Waals surface area contributed by atoms with Crippen LogP contribution in [0.25, 0.3) is 0 Å². The Kier molecular flexibility index (Phi) is 7.34. The molecule has 4 aliphatic heterocycles. The van der Waals surface area contributed by atoms with Crippen LogP contribution in [0.3, 0.4) is 0 Å². The zero-order valence-corrected chi connectivity index (χ0v) is 18.9. The molecule has 15 heteroatoms. The summed E-state index contributed by atoms with van der Waals surface area (Å²) >= 11 is 0. The van der Waals surface area contributed by atoms with Gasteiger partial charge in [0.25, 0.3) is 0 Å². The summed E-state index contributed by atoms with van der Waals surface area (Å²) in [6, 6.07) is 0. The Balaban J connectivity index is 1.33. The maximum Gasteiger partial charge on any atom is 0.208 e. The summed E-state index contributed by atoms with van der Waals surface area (Å²) < 4.78 is 33.3. The lowest BCUT2D eigenvalue weighted by atomic mass is 9.85. The molecule has 0 radical (unpaired) electrons. The zero-order chi connectivity index (χ0) is 25.9. The quantitative estimate of drug-likeness (QED) is 0.141. The molecule has 0 aromatic rings. The normalized spacial score (nSPS) is 56.1. The van der Waals surface area contributed by atoms with Crippen LogP contribution in [0.15, 0.2) is 12.3 Å². The van der Waals surface area contributed by atoms with E-state index in [0.29, 0.717) is 0 Å². The van der Waals surface area contributed by atoms with Gasteiger partial charge in [0.05, 0.1) is 38.1 Å². The summed E-state index contributed by atoms with van der Waals surface area (Å²) in [5, 5.41) is 91.4. The molecule has 36 heavy (non-hydrogen) atoms. The second kappa shape index (κ2) is 9.94. The number of rotatable bonds is 7. The number of aliphatic hydroxyl groups is 9. The molecule has 0 spiro atoms. The van der Waals surface area contributed by atoms with Gasteiger partial charge in [0.1, 0.15) is 60.5 Å². The van der Waals surface area contributed by atoms with Crippen molar-refractivity contribution in [1.82, 2.24) is 0 Å². The third-order valence-electron chi connectivity index (χ3n) is 7.74. The first kappa shape index (κ1) is 26.6. The van der Waals surface area contributed by atoms with Crippen molar-refractivity contribution in [3.63, 3.8) is 0 Å². The first-order chi connectivity index (χ1) is 17.2. The zero-order valence-electron chi connectivity index (χ0n) is 18.9. The fourth-order valence-corrected chi connectivity index (χ4v) is 5.66. The molecule has 1 saturated carbocycles. The molecule has 9 N–H and O–H groups in total. The summed E-state index contributed by atoms with van der Waals surface area (Å²) in [6.45, 7) is -1.85. The predicted octanol–water partition coefficient (Wildman–Crippen LogP) is -5.77. The highest BCUT2D eigenvalue weighted by Crippen LogP contribution is 2.59. The Hall–Kier alpha value is -1.02.